The summed E-state index contributed by atoms with van der Waals surface area (Å²) in [6, 6.07) is 19.6. The zero-order valence-corrected chi connectivity index (χ0v) is 32.0. The number of ether oxygens (including phenoxy) is 1. The molecular weight excluding hydrogens is 722 g/mol. The molecule has 0 bridgehead atoms. The molecular formula is C43H46FN11O2. The second kappa shape index (κ2) is 15.3. The number of hydrogen-bond donors (Lipinski definition) is 4. The molecule has 1 atom stereocenters. The standard InChI is InChI=1S/C43H46FN11O2/c1-26-34(23-47-42-41(26)46-13-18-57-42)29-5-6-30-22-48-43(52-37(30)20-29)51-31-7-3-28(4-8-31)19-40(56)54-16-14-53(15-17-54)33-24-55(25-33)38-11-9-32(21-35(38)44)50-36-10-12-39(45)49-27(36)2/h3-9,11,20-23,33,36,46,50H,2,10,12-19,24-25H2,1H3,(H2,45,49)(H,48,51,52). The van der Waals surface area contributed by atoms with Crippen LogP contribution in [0.1, 0.15) is 24.0 Å². The highest BCUT2D eigenvalue weighted by Crippen LogP contribution is 2.36. The lowest BCUT2D eigenvalue weighted by Gasteiger charge is -2.49. The van der Waals surface area contributed by atoms with Crippen molar-refractivity contribution in [1.82, 2.24) is 24.8 Å². The Morgan fingerprint density at radius 2 is 1.82 bits per heavy atom. The van der Waals surface area contributed by atoms with E-state index in [0.29, 0.717) is 73.3 Å². The van der Waals surface area contributed by atoms with Crippen LogP contribution in [0.25, 0.3) is 22.0 Å². The molecule has 3 aromatic carbocycles. The van der Waals surface area contributed by atoms with E-state index in [-0.39, 0.29) is 17.8 Å². The third-order valence-electron chi connectivity index (χ3n) is 11.5. The van der Waals surface area contributed by atoms with Gasteiger partial charge in [0.05, 0.1) is 35.2 Å². The van der Waals surface area contributed by atoms with Crippen molar-refractivity contribution in [3.05, 3.63) is 102 Å². The molecule has 1 unspecified atom stereocenters. The van der Waals surface area contributed by atoms with Crippen molar-refractivity contribution in [3.63, 3.8) is 0 Å². The first kappa shape index (κ1) is 36.4. The quantitative estimate of drug-likeness (QED) is 0.146. The summed E-state index contributed by atoms with van der Waals surface area (Å²) in [6.45, 7) is 11.9. The summed E-state index contributed by atoms with van der Waals surface area (Å²) < 4.78 is 20.9. The van der Waals surface area contributed by atoms with E-state index in [4.69, 9.17) is 15.5 Å². The second-order valence-electron chi connectivity index (χ2n) is 15.2. The lowest BCUT2D eigenvalue weighted by molar-refractivity contribution is -0.132. The number of carbonyl (C=O) groups excluding carboxylic acids is 1. The number of carbonyl (C=O) groups is 1. The third kappa shape index (κ3) is 7.64. The van der Waals surface area contributed by atoms with Crippen LogP contribution in [0, 0.1) is 12.7 Å². The maximum Gasteiger partial charge on any atom is 0.237 e. The van der Waals surface area contributed by atoms with Gasteiger partial charge in [0, 0.05) is 93.0 Å². The normalized spacial score (nSPS) is 18.6. The van der Waals surface area contributed by atoms with Crippen molar-refractivity contribution >= 4 is 51.3 Å². The average molecular weight is 768 g/mol. The molecule has 13 nitrogen and oxygen atoms in total. The van der Waals surface area contributed by atoms with Crippen molar-refractivity contribution in [2.24, 2.45) is 10.7 Å². The van der Waals surface area contributed by atoms with Gasteiger partial charge in [-0.05, 0) is 66.4 Å². The lowest BCUT2D eigenvalue weighted by Crippen LogP contribution is -2.63. The van der Waals surface area contributed by atoms with Gasteiger partial charge in [0.25, 0.3) is 0 Å². The van der Waals surface area contributed by atoms with E-state index in [1.807, 2.05) is 59.8 Å². The maximum atomic E-state index is 15.2. The number of nitrogens with one attached hydrogen (secondary N) is 3. The number of hydrogen-bond acceptors (Lipinski definition) is 12. The molecule has 14 heteroatoms. The van der Waals surface area contributed by atoms with Crippen molar-refractivity contribution in [2.75, 3.05) is 73.3 Å². The van der Waals surface area contributed by atoms with E-state index in [2.05, 4.69) is 66.3 Å². The van der Waals surface area contributed by atoms with Gasteiger partial charge in [-0.2, -0.15) is 0 Å². The van der Waals surface area contributed by atoms with Gasteiger partial charge in [-0.25, -0.2) is 24.3 Å². The van der Waals surface area contributed by atoms with Crippen LogP contribution in [0.3, 0.4) is 0 Å². The highest BCUT2D eigenvalue weighted by molar-refractivity contribution is 5.87. The van der Waals surface area contributed by atoms with Gasteiger partial charge < -0.3 is 36.2 Å². The number of halogens is 1. The van der Waals surface area contributed by atoms with Crippen LogP contribution >= 0.6 is 0 Å². The highest BCUT2D eigenvalue weighted by atomic mass is 19.1. The van der Waals surface area contributed by atoms with Crippen LogP contribution in [-0.4, -0.2) is 101 Å². The number of amidine groups is 1. The topological polar surface area (TPSA) is 149 Å². The number of aromatic nitrogens is 3. The summed E-state index contributed by atoms with van der Waals surface area (Å²) in [5, 5.41) is 11.0. The second-order valence-corrected chi connectivity index (χ2v) is 15.2. The van der Waals surface area contributed by atoms with E-state index in [1.165, 1.54) is 0 Å². The van der Waals surface area contributed by atoms with Crippen LogP contribution < -0.4 is 31.3 Å². The first-order valence-corrected chi connectivity index (χ1v) is 19.6. The first-order valence-electron chi connectivity index (χ1n) is 19.6. The summed E-state index contributed by atoms with van der Waals surface area (Å²) in [7, 11) is 0. The summed E-state index contributed by atoms with van der Waals surface area (Å²) in [4.78, 5) is 37.9. The number of pyridine rings is 1. The number of piperazine rings is 1. The number of amides is 1. The van der Waals surface area contributed by atoms with Crippen molar-refractivity contribution < 1.29 is 13.9 Å². The van der Waals surface area contributed by atoms with Crippen LogP contribution in [0.5, 0.6) is 5.88 Å². The highest BCUT2D eigenvalue weighted by Gasteiger charge is 2.35. The van der Waals surface area contributed by atoms with Crippen molar-refractivity contribution in [1.29, 1.82) is 0 Å². The lowest BCUT2D eigenvalue weighted by atomic mass is 10.00. The largest absolute Gasteiger partial charge is 0.474 e. The number of anilines is 5. The molecule has 4 aliphatic heterocycles. The van der Waals surface area contributed by atoms with Gasteiger partial charge in [0.15, 0.2) is 0 Å². The summed E-state index contributed by atoms with van der Waals surface area (Å²) in [6.07, 6.45) is 5.48. The zero-order chi connectivity index (χ0) is 39.0. The van der Waals surface area contributed by atoms with Crippen LogP contribution in [0.15, 0.2) is 90.3 Å². The number of rotatable bonds is 9. The van der Waals surface area contributed by atoms with E-state index in [9.17, 15) is 4.79 Å². The van der Waals surface area contributed by atoms with Gasteiger partial charge in [-0.15, -0.1) is 0 Å². The fourth-order valence-electron chi connectivity index (χ4n) is 8.09. The fraction of sp³-hybridized carbons (Fsp3) is 0.326. The van der Waals surface area contributed by atoms with Crippen molar-refractivity contribution in [3.8, 4) is 17.0 Å². The first-order chi connectivity index (χ1) is 27.7. The summed E-state index contributed by atoms with van der Waals surface area (Å²) in [5.74, 6) is 1.59. The number of aliphatic imine (C=N–C) groups is 1. The zero-order valence-electron chi connectivity index (χ0n) is 32.0. The molecule has 2 saturated heterocycles. The van der Waals surface area contributed by atoms with E-state index in [1.54, 1.807) is 6.07 Å². The SMILES string of the molecule is C=C1N=C(N)CCC1Nc1ccc(N2CC(N3CCN(C(=O)Cc4ccc(Nc5ncc6ccc(-c7cnc8c(c7C)NCCO8)cc6n5)cc4)CC3)C2)c(F)c1. The number of nitrogens with zero attached hydrogens (tertiary/aromatic N) is 7. The Morgan fingerprint density at radius 3 is 2.61 bits per heavy atom. The Bertz CT molecular complexity index is 2370. The minimum atomic E-state index is -0.248. The smallest absolute Gasteiger partial charge is 0.237 e. The Labute approximate surface area is 330 Å². The molecule has 292 valence electrons. The molecule has 0 aliphatic carbocycles. The molecule has 6 heterocycles. The van der Waals surface area contributed by atoms with E-state index >= 15 is 4.39 Å². The monoisotopic (exact) mass is 767 g/mol. The Kier molecular flexibility index (Phi) is 9.78. The Balaban J connectivity index is 0.746. The van der Waals surface area contributed by atoms with Crippen LogP contribution in [-0.2, 0) is 11.2 Å². The summed E-state index contributed by atoms with van der Waals surface area (Å²) >= 11 is 0. The molecule has 2 fully saturated rings. The number of fused-ring (bicyclic) bond motifs is 2. The molecule has 5 aromatic rings. The van der Waals surface area contributed by atoms with Gasteiger partial charge in [-0.3, -0.25) is 9.69 Å². The summed E-state index contributed by atoms with van der Waals surface area (Å²) in [5.41, 5.74) is 14.5. The Morgan fingerprint density at radius 1 is 1.02 bits per heavy atom. The molecule has 0 radical (unpaired) electrons. The minimum absolute atomic E-state index is 0.0542. The maximum absolute atomic E-state index is 15.2. The van der Waals surface area contributed by atoms with Crippen molar-refractivity contribution in [2.45, 2.75) is 38.3 Å². The molecule has 9 rings (SSSR count). The molecule has 4 aliphatic rings. The van der Waals surface area contributed by atoms with E-state index in [0.717, 1.165) is 83.7 Å². The molecule has 57 heavy (non-hydrogen) atoms. The Hall–Kier alpha value is -6.28. The third-order valence-corrected chi connectivity index (χ3v) is 11.5. The average Bonchev–Trinajstić information content (AvgIpc) is 3.20. The number of nitrogens with two attached hydrogens (primary N) is 1. The molecule has 0 spiro atoms. The molecule has 5 N–H and O–H groups in total. The van der Waals surface area contributed by atoms with Crippen LogP contribution in [0.2, 0.25) is 0 Å². The predicted molar refractivity (Wildman–Crippen MR) is 223 cm³/mol. The molecule has 2 aromatic heterocycles. The molecule has 1 amide bonds. The van der Waals surface area contributed by atoms with Gasteiger partial charge in [0.1, 0.15) is 18.1 Å². The minimum Gasteiger partial charge on any atom is -0.474 e. The van der Waals surface area contributed by atoms with Gasteiger partial charge in [-0.1, -0.05) is 30.8 Å². The van der Waals surface area contributed by atoms with E-state index < -0.39 is 0 Å². The number of benzene rings is 3. The van der Waals surface area contributed by atoms with Gasteiger partial charge >= 0.3 is 0 Å². The fourth-order valence-corrected chi connectivity index (χ4v) is 8.09. The van der Waals surface area contributed by atoms with Gasteiger partial charge in [0.2, 0.25) is 17.7 Å². The predicted octanol–water partition coefficient (Wildman–Crippen LogP) is 5.71. The van der Waals surface area contributed by atoms with Crippen LogP contribution in [0.4, 0.5) is 33.1 Å². The molecule has 0 saturated carbocycles.